The molecule has 2 rings (SSSR count). The summed E-state index contributed by atoms with van der Waals surface area (Å²) in [4.78, 5) is 18.8. The quantitative estimate of drug-likeness (QED) is 0.517. The lowest BCUT2D eigenvalue weighted by atomic mass is 9.97. The summed E-state index contributed by atoms with van der Waals surface area (Å²) in [5.41, 5.74) is 1.63. The molecule has 8 nitrogen and oxygen atoms in total. The SMILES string of the molecule is CCNC(=NCc1c(CC)noc1CC)NCC1CCN(C(=O)OC(C)(C)C)CC1. The van der Waals surface area contributed by atoms with Crippen LogP contribution in [0.5, 0.6) is 0 Å². The lowest BCUT2D eigenvalue weighted by Gasteiger charge is -2.33. The van der Waals surface area contributed by atoms with E-state index in [0.717, 1.165) is 74.8 Å². The second-order valence-corrected chi connectivity index (χ2v) is 8.72. The molecule has 1 amide bonds. The molecule has 30 heavy (non-hydrogen) atoms. The van der Waals surface area contributed by atoms with Gasteiger partial charge in [0.1, 0.15) is 11.4 Å². The van der Waals surface area contributed by atoms with E-state index in [2.05, 4.69) is 36.6 Å². The summed E-state index contributed by atoms with van der Waals surface area (Å²) in [5.74, 6) is 2.22. The molecule has 1 aromatic rings. The number of ether oxygens (including phenoxy) is 1. The van der Waals surface area contributed by atoms with Crippen LogP contribution in [0.25, 0.3) is 0 Å². The van der Waals surface area contributed by atoms with Crippen molar-refractivity contribution in [1.29, 1.82) is 0 Å². The molecule has 0 unspecified atom stereocenters. The van der Waals surface area contributed by atoms with E-state index in [1.54, 1.807) is 0 Å². The average Bonchev–Trinajstić information content (AvgIpc) is 3.11. The van der Waals surface area contributed by atoms with Crippen molar-refractivity contribution in [3.8, 4) is 0 Å². The largest absolute Gasteiger partial charge is 0.444 e. The Morgan fingerprint density at radius 1 is 1.20 bits per heavy atom. The Labute approximate surface area is 180 Å². The summed E-state index contributed by atoms with van der Waals surface area (Å²) in [6.07, 6.45) is 3.36. The van der Waals surface area contributed by atoms with Gasteiger partial charge in [0, 0.05) is 38.2 Å². The third-order valence-electron chi connectivity index (χ3n) is 5.17. The summed E-state index contributed by atoms with van der Waals surface area (Å²) >= 11 is 0. The van der Waals surface area contributed by atoms with Gasteiger partial charge in [-0.15, -0.1) is 0 Å². The van der Waals surface area contributed by atoms with Crippen LogP contribution in [0.4, 0.5) is 4.79 Å². The van der Waals surface area contributed by atoms with E-state index in [4.69, 9.17) is 14.3 Å². The number of aryl methyl sites for hydroxylation is 2. The van der Waals surface area contributed by atoms with E-state index in [1.165, 1.54) is 0 Å². The second-order valence-electron chi connectivity index (χ2n) is 8.72. The van der Waals surface area contributed by atoms with Gasteiger partial charge in [0.05, 0.1) is 12.2 Å². The standard InChI is InChI=1S/C22H39N5O3/c1-7-18-17(19(8-2)30-26-18)15-25-20(23-9-3)24-14-16-10-12-27(13-11-16)21(28)29-22(4,5)6/h16H,7-15H2,1-6H3,(H2,23,24,25). The first kappa shape index (κ1) is 24.0. The molecule has 0 radical (unpaired) electrons. The Hall–Kier alpha value is -2.25. The maximum absolute atomic E-state index is 12.2. The number of likely N-dealkylation sites (tertiary alicyclic amines) is 1. The minimum Gasteiger partial charge on any atom is -0.444 e. The minimum absolute atomic E-state index is 0.212. The van der Waals surface area contributed by atoms with Crippen LogP contribution in [0.3, 0.4) is 0 Å². The van der Waals surface area contributed by atoms with Crippen LogP contribution in [0.1, 0.15) is 71.4 Å². The Balaban J connectivity index is 1.86. The predicted molar refractivity (Wildman–Crippen MR) is 119 cm³/mol. The maximum atomic E-state index is 12.2. The van der Waals surface area contributed by atoms with Crippen molar-refractivity contribution in [2.75, 3.05) is 26.2 Å². The fourth-order valence-electron chi connectivity index (χ4n) is 3.50. The van der Waals surface area contributed by atoms with Gasteiger partial charge in [0.2, 0.25) is 0 Å². The van der Waals surface area contributed by atoms with E-state index < -0.39 is 5.60 Å². The minimum atomic E-state index is -0.452. The van der Waals surface area contributed by atoms with E-state index >= 15 is 0 Å². The first-order valence-electron chi connectivity index (χ1n) is 11.2. The van der Waals surface area contributed by atoms with Crippen LogP contribution >= 0.6 is 0 Å². The Kier molecular flexibility index (Phi) is 8.99. The Morgan fingerprint density at radius 2 is 1.90 bits per heavy atom. The number of carbonyl (C=O) groups is 1. The number of piperidine rings is 1. The molecular weight excluding hydrogens is 382 g/mol. The lowest BCUT2D eigenvalue weighted by Crippen LogP contribution is -2.45. The van der Waals surface area contributed by atoms with E-state index in [9.17, 15) is 4.79 Å². The second kappa shape index (κ2) is 11.2. The molecule has 2 heterocycles. The molecular formula is C22H39N5O3. The highest BCUT2D eigenvalue weighted by Crippen LogP contribution is 2.19. The van der Waals surface area contributed by atoms with Gasteiger partial charge in [-0.25, -0.2) is 9.79 Å². The van der Waals surface area contributed by atoms with Crippen LogP contribution < -0.4 is 10.6 Å². The number of amides is 1. The fraction of sp³-hybridized carbons (Fsp3) is 0.773. The zero-order valence-corrected chi connectivity index (χ0v) is 19.5. The van der Waals surface area contributed by atoms with Crippen LogP contribution in [-0.4, -0.2) is 53.9 Å². The highest BCUT2D eigenvalue weighted by Gasteiger charge is 2.26. The van der Waals surface area contributed by atoms with Crippen LogP contribution in [0.2, 0.25) is 0 Å². The molecule has 0 saturated carbocycles. The summed E-state index contributed by atoms with van der Waals surface area (Å²) in [7, 11) is 0. The fourth-order valence-corrected chi connectivity index (χ4v) is 3.50. The van der Waals surface area contributed by atoms with Crippen LogP contribution in [0.15, 0.2) is 9.52 Å². The number of aromatic nitrogens is 1. The van der Waals surface area contributed by atoms with Crippen molar-refractivity contribution in [2.24, 2.45) is 10.9 Å². The smallest absolute Gasteiger partial charge is 0.410 e. The van der Waals surface area contributed by atoms with Crippen molar-refractivity contribution in [3.05, 3.63) is 17.0 Å². The molecule has 170 valence electrons. The number of hydrogen-bond donors (Lipinski definition) is 2. The predicted octanol–water partition coefficient (Wildman–Crippen LogP) is 3.50. The Morgan fingerprint density at radius 3 is 2.47 bits per heavy atom. The summed E-state index contributed by atoms with van der Waals surface area (Å²) in [5, 5.41) is 10.9. The number of nitrogens with zero attached hydrogens (tertiary/aromatic N) is 3. The normalized spacial score (nSPS) is 15.9. The van der Waals surface area contributed by atoms with Gasteiger partial charge >= 0.3 is 6.09 Å². The van der Waals surface area contributed by atoms with E-state index in [0.29, 0.717) is 12.5 Å². The number of hydrogen-bond acceptors (Lipinski definition) is 5. The molecule has 2 N–H and O–H groups in total. The molecule has 0 bridgehead atoms. The summed E-state index contributed by atoms with van der Waals surface area (Å²) in [6.45, 7) is 15.6. The third-order valence-corrected chi connectivity index (χ3v) is 5.17. The molecule has 1 fully saturated rings. The zero-order chi connectivity index (χ0) is 22.1. The molecule has 0 atom stereocenters. The van der Waals surface area contributed by atoms with Gasteiger partial charge in [-0.3, -0.25) is 0 Å². The van der Waals surface area contributed by atoms with Crippen molar-refractivity contribution >= 4 is 12.1 Å². The molecule has 1 aromatic heterocycles. The molecule has 1 aliphatic rings. The van der Waals surface area contributed by atoms with Gasteiger partial charge in [-0.2, -0.15) is 0 Å². The monoisotopic (exact) mass is 421 g/mol. The molecule has 0 spiro atoms. The highest BCUT2D eigenvalue weighted by molar-refractivity contribution is 5.79. The topological polar surface area (TPSA) is 92.0 Å². The van der Waals surface area contributed by atoms with Gasteiger partial charge in [0.25, 0.3) is 0 Å². The van der Waals surface area contributed by atoms with E-state index in [-0.39, 0.29) is 6.09 Å². The van der Waals surface area contributed by atoms with Crippen LogP contribution in [-0.2, 0) is 24.1 Å². The number of guanidine groups is 1. The highest BCUT2D eigenvalue weighted by atomic mass is 16.6. The molecule has 0 aliphatic carbocycles. The third kappa shape index (κ3) is 7.22. The van der Waals surface area contributed by atoms with Crippen molar-refractivity contribution in [3.63, 3.8) is 0 Å². The van der Waals surface area contributed by atoms with Crippen molar-refractivity contribution in [1.82, 2.24) is 20.7 Å². The average molecular weight is 422 g/mol. The molecule has 1 saturated heterocycles. The van der Waals surface area contributed by atoms with Gasteiger partial charge in [0.15, 0.2) is 5.96 Å². The van der Waals surface area contributed by atoms with Crippen molar-refractivity contribution in [2.45, 2.75) is 79.4 Å². The van der Waals surface area contributed by atoms with E-state index in [1.807, 2.05) is 25.7 Å². The summed E-state index contributed by atoms with van der Waals surface area (Å²) in [6, 6.07) is 0. The first-order chi connectivity index (χ1) is 14.3. The summed E-state index contributed by atoms with van der Waals surface area (Å²) < 4.78 is 10.9. The van der Waals surface area contributed by atoms with Crippen LogP contribution in [0, 0.1) is 5.92 Å². The van der Waals surface area contributed by atoms with Gasteiger partial charge < -0.3 is 24.8 Å². The Bertz CT molecular complexity index is 679. The molecule has 8 heteroatoms. The molecule has 1 aliphatic heterocycles. The maximum Gasteiger partial charge on any atom is 0.410 e. The molecule has 0 aromatic carbocycles. The van der Waals surface area contributed by atoms with Crippen molar-refractivity contribution < 1.29 is 14.1 Å². The lowest BCUT2D eigenvalue weighted by molar-refractivity contribution is 0.0185. The van der Waals surface area contributed by atoms with Gasteiger partial charge in [-0.1, -0.05) is 19.0 Å². The number of carbonyl (C=O) groups excluding carboxylic acids is 1. The zero-order valence-electron chi connectivity index (χ0n) is 19.5. The number of nitrogens with one attached hydrogen (secondary N) is 2. The first-order valence-corrected chi connectivity index (χ1v) is 11.2. The number of rotatable bonds is 7. The number of aliphatic imine (C=N–C) groups is 1. The van der Waals surface area contributed by atoms with Gasteiger partial charge in [-0.05, 0) is 52.9 Å².